The summed E-state index contributed by atoms with van der Waals surface area (Å²) in [4.78, 5) is 15.4. The Bertz CT molecular complexity index is 1420. The van der Waals surface area contributed by atoms with Crippen LogP contribution >= 0.6 is 0 Å². The predicted molar refractivity (Wildman–Crippen MR) is 126 cm³/mol. The second kappa shape index (κ2) is 8.06. The summed E-state index contributed by atoms with van der Waals surface area (Å²) in [5.41, 5.74) is 5.90. The zero-order valence-electron chi connectivity index (χ0n) is 16.9. The average Bonchev–Trinajstić information content (AvgIpc) is 3.45. The van der Waals surface area contributed by atoms with Gasteiger partial charge in [0.1, 0.15) is 23.8 Å². The highest BCUT2D eigenvalue weighted by molar-refractivity contribution is 5.92. The number of nitriles is 2. The highest BCUT2D eigenvalue weighted by atomic mass is 14.9. The fraction of sp³-hybridized carbons (Fsp3) is 0. The Labute approximate surface area is 183 Å². The van der Waals surface area contributed by atoms with Crippen LogP contribution in [0.5, 0.6) is 0 Å². The third kappa shape index (κ3) is 3.65. The molecule has 0 saturated heterocycles. The molecule has 0 bridgehead atoms. The van der Waals surface area contributed by atoms with E-state index in [1.54, 1.807) is 12.2 Å². The van der Waals surface area contributed by atoms with E-state index in [0.717, 1.165) is 33.2 Å². The van der Waals surface area contributed by atoms with Gasteiger partial charge in [0.25, 0.3) is 0 Å². The van der Waals surface area contributed by atoms with Gasteiger partial charge >= 0.3 is 0 Å². The van der Waals surface area contributed by atoms with Crippen LogP contribution in [0.4, 0.5) is 0 Å². The van der Waals surface area contributed by atoms with E-state index in [2.05, 4.69) is 32.1 Å². The van der Waals surface area contributed by atoms with Gasteiger partial charge in [-0.05, 0) is 53.6 Å². The first-order valence-electron chi connectivity index (χ1n) is 9.97. The van der Waals surface area contributed by atoms with E-state index >= 15 is 0 Å². The third-order valence-corrected chi connectivity index (χ3v) is 5.06. The SMILES string of the molecule is N#CC(=Cc1cccc(C=C(C#N)c2nc3ccccc3[nH]2)c1)c1nc2ccccc2[nH]1. The van der Waals surface area contributed by atoms with Crippen LogP contribution in [0.1, 0.15) is 22.8 Å². The summed E-state index contributed by atoms with van der Waals surface area (Å²) in [6.45, 7) is 0. The van der Waals surface area contributed by atoms with Gasteiger partial charge in [-0.2, -0.15) is 10.5 Å². The monoisotopic (exact) mass is 412 g/mol. The Morgan fingerprint density at radius 1 is 0.656 bits per heavy atom. The lowest BCUT2D eigenvalue weighted by Gasteiger charge is -2.00. The predicted octanol–water partition coefficient (Wildman–Crippen LogP) is 5.57. The normalized spacial score (nSPS) is 12.1. The van der Waals surface area contributed by atoms with Crippen molar-refractivity contribution in [3.8, 4) is 12.1 Å². The number of aromatic nitrogens is 4. The standard InChI is InChI=1S/C26H16N6/c27-15-19(25-29-21-8-1-2-9-22(21)30-25)13-17-6-5-7-18(12-17)14-20(16-28)26-31-23-10-3-4-11-24(23)32-26/h1-14H,(H,29,30)(H,31,32). The van der Waals surface area contributed by atoms with Gasteiger partial charge in [0.05, 0.1) is 33.2 Å². The van der Waals surface area contributed by atoms with Crippen LogP contribution in [0.25, 0.3) is 45.4 Å². The first kappa shape index (κ1) is 19.0. The fourth-order valence-corrected chi connectivity index (χ4v) is 3.54. The molecule has 150 valence electrons. The van der Waals surface area contributed by atoms with Gasteiger partial charge in [-0.15, -0.1) is 0 Å². The van der Waals surface area contributed by atoms with Crippen molar-refractivity contribution < 1.29 is 0 Å². The average molecular weight is 412 g/mol. The van der Waals surface area contributed by atoms with Crippen LogP contribution in [0.3, 0.4) is 0 Å². The number of nitrogens with one attached hydrogen (secondary N) is 2. The lowest BCUT2D eigenvalue weighted by Crippen LogP contribution is -1.87. The summed E-state index contributed by atoms with van der Waals surface area (Å²) in [6, 6.07) is 27.4. The van der Waals surface area contributed by atoms with Gasteiger partial charge in [0.2, 0.25) is 0 Å². The van der Waals surface area contributed by atoms with Crippen LogP contribution in [-0.4, -0.2) is 19.9 Å². The molecule has 0 fully saturated rings. The van der Waals surface area contributed by atoms with Crippen LogP contribution in [0, 0.1) is 22.7 Å². The molecule has 32 heavy (non-hydrogen) atoms. The van der Waals surface area contributed by atoms with E-state index in [-0.39, 0.29) is 0 Å². The highest BCUT2D eigenvalue weighted by Crippen LogP contribution is 2.22. The van der Waals surface area contributed by atoms with E-state index < -0.39 is 0 Å². The van der Waals surface area contributed by atoms with Gasteiger partial charge in [-0.3, -0.25) is 0 Å². The Morgan fingerprint density at radius 2 is 1.12 bits per heavy atom. The molecule has 0 unspecified atom stereocenters. The molecule has 0 saturated carbocycles. The number of fused-ring (bicyclic) bond motifs is 2. The summed E-state index contributed by atoms with van der Waals surface area (Å²) in [5.74, 6) is 1.05. The number of nitrogens with zero attached hydrogens (tertiary/aromatic N) is 4. The molecule has 2 heterocycles. The molecular formula is C26H16N6. The molecule has 3 aromatic carbocycles. The molecule has 2 N–H and O–H groups in total. The topological polar surface area (TPSA) is 105 Å². The van der Waals surface area contributed by atoms with Gasteiger partial charge in [0.15, 0.2) is 0 Å². The van der Waals surface area contributed by atoms with Crippen LogP contribution < -0.4 is 0 Å². The zero-order valence-corrected chi connectivity index (χ0v) is 16.9. The maximum atomic E-state index is 9.69. The van der Waals surface area contributed by atoms with Gasteiger partial charge in [-0.1, -0.05) is 42.5 Å². The van der Waals surface area contributed by atoms with Crippen LogP contribution in [0.15, 0.2) is 72.8 Å². The first-order chi connectivity index (χ1) is 15.7. The minimum atomic E-state index is 0.431. The van der Waals surface area contributed by atoms with E-state index in [0.29, 0.717) is 22.8 Å². The number of imidazole rings is 2. The molecule has 6 heteroatoms. The second-order valence-electron chi connectivity index (χ2n) is 7.21. The number of hydrogen-bond donors (Lipinski definition) is 2. The molecule has 0 atom stereocenters. The number of H-pyrrole nitrogens is 2. The molecule has 0 radical (unpaired) electrons. The number of hydrogen-bond acceptors (Lipinski definition) is 4. The van der Waals surface area contributed by atoms with Crippen molar-refractivity contribution in [3.63, 3.8) is 0 Å². The smallest absolute Gasteiger partial charge is 0.149 e. The maximum Gasteiger partial charge on any atom is 0.149 e. The molecule has 6 nitrogen and oxygen atoms in total. The maximum absolute atomic E-state index is 9.69. The van der Waals surface area contributed by atoms with Gasteiger partial charge in [0, 0.05) is 0 Å². The molecule has 5 rings (SSSR count). The van der Waals surface area contributed by atoms with E-state index in [1.165, 1.54) is 0 Å². The molecule has 0 aliphatic heterocycles. The van der Waals surface area contributed by atoms with E-state index in [1.807, 2.05) is 72.8 Å². The quantitative estimate of drug-likeness (QED) is 0.377. The number of aromatic amines is 2. The summed E-state index contributed by atoms with van der Waals surface area (Å²) >= 11 is 0. The minimum Gasteiger partial charge on any atom is -0.337 e. The number of benzene rings is 3. The number of allylic oxidation sites excluding steroid dienone is 2. The van der Waals surface area contributed by atoms with Crippen molar-refractivity contribution in [2.45, 2.75) is 0 Å². The van der Waals surface area contributed by atoms with Crippen molar-refractivity contribution in [1.29, 1.82) is 10.5 Å². The Kier molecular flexibility index (Phi) is 4.80. The summed E-state index contributed by atoms with van der Waals surface area (Å²) in [5, 5.41) is 19.4. The molecule has 0 amide bonds. The lowest BCUT2D eigenvalue weighted by molar-refractivity contribution is 1.27. The number of rotatable bonds is 4. The van der Waals surface area contributed by atoms with Crippen LogP contribution in [0.2, 0.25) is 0 Å². The molecule has 0 aliphatic rings. The Hall–Kier alpha value is -4.94. The minimum absolute atomic E-state index is 0.431. The van der Waals surface area contributed by atoms with Crippen molar-refractivity contribution in [3.05, 3.63) is 95.6 Å². The largest absolute Gasteiger partial charge is 0.337 e. The molecule has 0 aliphatic carbocycles. The van der Waals surface area contributed by atoms with Crippen molar-refractivity contribution in [2.24, 2.45) is 0 Å². The summed E-state index contributed by atoms with van der Waals surface area (Å²) in [7, 11) is 0. The van der Waals surface area contributed by atoms with Crippen LogP contribution in [-0.2, 0) is 0 Å². The third-order valence-electron chi connectivity index (χ3n) is 5.06. The van der Waals surface area contributed by atoms with Gasteiger partial charge in [-0.25, -0.2) is 9.97 Å². The number of para-hydroxylation sites is 4. The van der Waals surface area contributed by atoms with E-state index in [4.69, 9.17) is 0 Å². The molecular weight excluding hydrogens is 396 g/mol. The van der Waals surface area contributed by atoms with Crippen molar-refractivity contribution in [1.82, 2.24) is 19.9 Å². The van der Waals surface area contributed by atoms with Crippen molar-refractivity contribution in [2.75, 3.05) is 0 Å². The summed E-state index contributed by atoms with van der Waals surface area (Å²) in [6.07, 6.45) is 3.56. The van der Waals surface area contributed by atoms with Crippen molar-refractivity contribution >= 4 is 45.4 Å². The fourth-order valence-electron chi connectivity index (χ4n) is 3.54. The van der Waals surface area contributed by atoms with E-state index in [9.17, 15) is 10.5 Å². The second-order valence-corrected chi connectivity index (χ2v) is 7.21. The Morgan fingerprint density at radius 3 is 1.56 bits per heavy atom. The zero-order chi connectivity index (χ0) is 21.9. The molecule has 2 aromatic heterocycles. The lowest BCUT2D eigenvalue weighted by atomic mass is 10.1. The highest BCUT2D eigenvalue weighted by Gasteiger charge is 2.09. The first-order valence-corrected chi connectivity index (χ1v) is 9.97. The summed E-state index contributed by atoms with van der Waals surface area (Å²) < 4.78 is 0. The Balaban J connectivity index is 1.50. The van der Waals surface area contributed by atoms with Gasteiger partial charge < -0.3 is 9.97 Å². The molecule has 0 spiro atoms. The molecule has 5 aromatic rings.